The first-order valence-electron chi connectivity index (χ1n) is 7.00. The van der Waals surface area contributed by atoms with Crippen molar-refractivity contribution in [2.75, 3.05) is 5.32 Å². The number of thiazole rings is 1. The molecule has 3 nitrogen and oxygen atoms in total. The zero-order chi connectivity index (χ0) is 15.7. The molecule has 0 aliphatic heterocycles. The Labute approximate surface area is 141 Å². The number of halogens is 1. The third kappa shape index (κ3) is 3.20. The minimum atomic E-state index is -0.149. The van der Waals surface area contributed by atoms with Gasteiger partial charge in [-0.05, 0) is 41.8 Å². The van der Waals surface area contributed by atoms with Gasteiger partial charge in [0.15, 0.2) is 5.13 Å². The molecule has 0 atom stereocenters. The molecule has 1 N–H and O–H groups in total. The number of aromatic nitrogens is 1. The highest BCUT2D eigenvalue weighted by atomic mass is 79.9. The maximum absolute atomic E-state index is 12.3. The predicted molar refractivity (Wildman–Crippen MR) is 95.8 cm³/mol. The number of amides is 1. The van der Waals surface area contributed by atoms with Crippen molar-refractivity contribution >= 4 is 48.5 Å². The molecule has 0 saturated carbocycles. The standard InChI is InChI=1S/C17H15BrN2OS/c1-10(2)11-6-7-14-15(9-11)22-17(19-14)20-16(21)12-4-3-5-13(18)8-12/h3-10H,1-2H3,(H,19,20,21). The molecule has 0 saturated heterocycles. The van der Waals surface area contributed by atoms with E-state index in [4.69, 9.17) is 0 Å². The monoisotopic (exact) mass is 374 g/mol. The molecular weight excluding hydrogens is 360 g/mol. The molecule has 0 fully saturated rings. The molecule has 0 bridgehead atoms. The molecule has 3 rings (SSSR count). The van der Waals surface area contributed by atoms with Crippen molar-refractivity contribution in [2.45, 2.75) is 19.8 Å². The van der Waals surface area contributed by atoms with Crippen molar-refractivity contribution in [3.63, 3.8) is 0 Å². The van der Waals surface area contributed by atoms with Crippen LogP contribution in [0.25, 0.3) is 10.2 Å². The van der Waals surface area contributed by atoms with E-state index >= 15 is 0 Å². The van der Waals surface area contributed by atoms with E-state index in [9.17, 15) is 4.79 Å². The number of hydrogen-bond donors (Lipinski definition) is 1. The molecule has 3 aromatic rings. The summed E-state index contributed by atoms with van der Waals surface area (Å²) in [6, 6.07) is 13.5. The summed E-state index contributed by atoms with van der Waals surface area (Å²) in [5.41, 5.74) is 2.80. The van der Waals surface area contributed by atoms with E-state index in [1.54, 1.807) is 12.1 Å². The van der Waals surface area contributed by atoms with Crippen LogP contribution in [-0.2, 0) is 0 Å². The Morgan fingerprint density at radius 2 is 2.05 bits per heavy atom. The Morgan fingerprint density at radius 1 is 1.23 bits per heavy atom. The van der Waals surface area contributed by atoms with Crippen molar-refractivity contribution in [2.24, 2.45) is 0 Å². The van der Waals surface area contributed by atoms with E-state index in [2.05, 4.69) is 52.2 Å². The molecule has 1 amide bonds. The van der Waals surface area contributed by atoms with Crippen molar-refractivity contribution in [3.05, 3.63) is 58.1 Å². The highest BCUT2D eigenvalue weighted by molar-refractivity contribution is 9.10. The summed E-state index contributed by atoms with van der Waals surface area (Å²) in [4.78, 5) is 16.7. The zero-order valence-electron chi connectivity index (χ0n) is 12.3. The van der Waals surface area contributed by atoms with Crippen molar-refractivity contribution < 1.29 is 4.79 Å². The molecule has 22 heavy (non-hydrogen) atoms. The molecule has 0 radical (unpaired) electrons. The number of carbonyl (C=O) groups is 1. The highest BCUT2D eigenvalue weighted by Crippen LogP contribution is 2.29. The summed E-state index contributed by atoms with van der Waals surface area (Å²) in [6.45, 7) is 4.33. The molecule has 0 aliphatic carbocycles. The van der Waals surface area contributed by atoms with Gasteiger partial charge in [0, 0.05) is 10.0 Å². The lowest BCUT2D eigenvalue weighted by Crippen LogP contribution is -2.11. The van der Waals surface area contributed by atoms with Gasteiger partial charge in [0.05, 0.1) is 10.2 Å². The predicted octanol–water partition coefficient (Wildman–Crippen LogP) is 5.43. The number of anilines is 1. The van der Waals surface area contributed by atoms with Gasteiger partial charge in [-0.1, -0.05) is 53.2 Å². The Bertz CT molecular complexity index is 842. The Morgan fingerprint density at radius 3 is 2.77 bits per heavy atom. The van der Waals surface area contributed by atoms with Gasteiger partial charge in [-0.15, -0.1) is 0 Å². The molecule has 0 aliphatic rings. The van der Waals surface area contributed by atoms with E-state index in [0.717, 1.165) is 14.7 Å². The number of benzene rings is 2. The van der Waals surface area contributed by atoms with Crippen molar-refractivity contribution in [3.8, 4) is 0 Å². The number of rotatable bonds is 3. The fourth-order valence-electron chi connectivity index (χ4n) is 2.15. The van der Waals surface area contributed by atoms with Crippen LogP contribution in [0, 0.1) is 0 Å². The first-order valence-corrected chi connectivity index (χ1v) is 8.61. The first kappa shape index (κ1) is 15.2. The van der Waals surface area contributed by atoms with Gasteiger partial charge >= 0.3 is 0 Å². The molecule has 1 aromatic heterocycles. The minimum absolute atomic E-state index is 0.149. The third-order valence-corrected chi connectivity index (χ3v) is 4.81. The van der Waals surface area contributed by atoms with Crippen LogP contribution in [0.5, 0.6) is 0 Å². The van der Waals surface area contributed by atoms with Crippen LogP contribution in [0.1, 0.15) is 35.7 Å². The lowest BCUT2D eigenvalue weighted by atomic mass is 10.0. The number of hydrogen-bond acceptors (Lipinski definition) is 3. The van der Waals surface area contributed by atoms with Gasteiger partial charge < -0.3 is 0 Å². The second-order valence-corrected chi connectivity index (χ2v) is 7.31. The average Bonchev–Trinajstić information content (AvgIpc) is 2.88. The lowest BCUT2D eigenvalue weighted by molar-refractivity contribution is 0.102. The van der Waals surface area contributed by atoms with Crippen molar-refractivity contribution in [1.29, 1.82) is 0 Å². The molecule has 5 heteroatoms. The second kappa shape index (κ2) is 6.18. The van der Waals surface area contributed by atoms with Crippen LogP contribution in [0.2, 0.25) is 0 Å². The molecule has 0 spiro atoms. The molecule has 1 heterocycles. The summed E-state index contributed by atoms with van der Waals surface area (Å²) >= 11 is 4.87. The van der Waals surface area contributed by atoms with Gasteiger partial charge in [-0.25, -0.2) is 4.98 Å². The fourth-order valence-corrected chi connectivity index (χ4v) is 3.46. The highest BCUT2D eigenvalue weighted by Gasteiger charge is 2.11. The summed E-state index contributed by atoms with van der Waals surface area (Å²) in [6.07, 6.45) is 0. The number of nitrogens with zero attached hydrogens (tertiary/aromatic N) is 1. The van der Waals surface area contributed by atoms with E-state index in [1.165, 1.54) is 16.9 Å². The topological polar surface area (TPSA) is 42.0 Å². The average molecular weight is 375 g/mol. The Balaban J connectivity index is 1.86. The summed E-state index contributed by atoms with van der Waals surface area (Å²) < 4.78 is 1.97. The number of fused-ring (bicyclic) bond motifs is 1. The zero-order valence-corrected chi connectivity index (χ0v) is 14.7. The largest absolute Gasteiger partial charge is 0.298 e. The summed E-state index contributed by atoms with van der Waals surface area (Å²) in [7, 11) is 0. The Hall–Kier alpha value is -1.72. The number of carbonyl (C=O) groups excluding carboxylic acids is 1. The van der Waals surface area contributed by atoms with Crippen LogP contribution in [0.15, 0.2) is 46.9 Å². The van der Waals surface area contributed by atoms with E-state index in [1.807, 2.05) is 18.2 Å². The van der Waals surface area contributed by atoms with Crippen LogP contribution in [0.3, 0.4) is 0 Å². The van der Waals surface area contributed by atoms with Crippen LogP contribution < -0.4 is 5.32 Å². The SMILES string of the molecule is CC(C)c1ccc2nc(NC(=O)c3cccc(Br)c3)sc2c1. The molecule has 0 unspecified atom stereocenters. The van der Waals surface area contributed by atoms with Crippen LogP contribution >= 0.6 is 27.3 Å². The first-order chi connectivity index (χ1) is 10.5. The molecule has 2 aromatic carbocycles. The molecule has 112 valence electrons. The van der Waals surface area contributed by atoms with Gasteiger partial charge in [-0.2, -0.15) is 0 Å². The van der Waals surface area contributed by atoms with E-state index in [0.29, 0.717) is 16.6 Å². The maximum Gasteiger partial charge on any atom is 0.257 e. The minimum Gasteiger partial charge on any atom is -0.298 e. The van der Waals surface area contributed by atoms with E-state index in [-0.39, 0.29) is 5.91 Å². The van der Waals surface area contributed by atoms with Crippen molar-refractivity contribution in [1.82, 2.24) is 4.98 Å². The van der Waals surface area contributed by atoms with E-state index < -0.39 is 0 Å². The van der Waals surface area contributed by atoms with Gasteiger partial charge in [0.25, 0.3) is 5.91 Å². The quantitative estimate of drug-likeness (QED) is 0.663. The Kier molecular flexibility index (Phi) is 4.27. The van der Waals surface area contributed by atoms with Gasteiger partial charge in [0.1, 0.15) is 0 Å². The molecular formula is C17H15BrN2OS. The third-order valence-electron chi connectivity index (χ3n) is 3.39. The van der Waals surface area contributed by atoms with Crippen LogP contribution in [-0.4, -0.2) is 10.9 Å². The van der Waals surface area contributed by atoms with Crippen LogP contribution in [0.4, 0.5) is 5.13 Å². The fraction of sp³-hybridized carbons (Fsp3) is 0.176. The summed E-state index contributed by atoms with van der Waals surface area (Å²) in [5, 5.41) is 3.50. The maximum atomic E-state index is 12.3. The second-order valence-electron chi connectivity index (χ2n) is 5.37. The number of nitrogens with one attached hydrogen (secondary N) is 1. The lowest BCUT2D eigenvalue weighted by Gasteiger charge is -2.03. The smallest absolute Gasteiger partial charge is 0.257 e. The van der Waals surface area contributed by atoms with Gasteiger partial charge in [0.2, 0.25) is 0 Å². The summed E-state index contributed by atoms with van der Waals surface area (Å²) in [5.74, 6) is 0.329. The normalized spacial score (nSPS) is 11.1. The van der Waals surface area contributed by atoms with Gasteiger partial charge in [-0.3, -0.25) is 10.1 Å².